The Labute approximate surface area is 98.9 Å². The third-order valence-corrected chi connectivity index (χ3v) is 2.71. The predicted molar refractivity (Wildman–Crippen MR) is 64.4 cm³/mol. The van der Waals surface area contributed by atoms with Gasteiger partial charge in [0.2, 0.25) is 0 Å². The van der Waals surface area contributed by atoms with E-state index in [9.17, 15) is 8.78 Å². The second-order valence-corrected chi connectivity index (χ2v) is 4.01. The fraction of sp³-hybridized carbons (Fsp3) is 0.143. The number of hydrogen-bond donors (Lipinski definition) is 1. The van der Waals surface area contributed by atoms with Crippen molar-refractivity contribution in [3.8, 4) is 11.1 Å². The van der Waals surface area contributed by atoms with Crippen molar-refractivity contribution in [2.75, 3.05) is 0 Å². The highest BCUT2D eigenvalue weighted by Crippen LogP contribution is 2.26. The number of hydrogen-bond acceptors (Lipinski definition) is 1. The Bertz CT molecular complexity index is 530. The molecule has 0 saturated carbocycles. The van der Waals surface area contributed by atoms with Crippen LogP contribution in [-0.4, -0.2) is 0 Å². The van der Waals surface area contributed by atoms with Gasteiger partial charge in [0.15, 0.2) is 0 Å². The summed E-state index contributed by atoms with van der Waals surface area (Å²) in [5.41, 5.74) is 8.81. The van der Waals surface area contributed by atoms with E-state index in [0.717, 1.165) is 22.8 Å². The summed E-state index contributed by atoms with van der Waals surface area (Å²) in [6, 6.07) is 9.20. The molecule has 2 N–H and O–H groups in total. The molecule has 0 atom stereocenters. The van der Waals surface area contributed by atoms with Crippen molar-refractivity contribution in [1.29, 1.82) is 0 Å². The molecule has 0 spiro atoms. The van der Waals surface area contributed by atoms with Crippen molar-refractivity contribution in [2.24, 2.45) is 5.73 Å². The fourth-order valence-electron chi connectivity index (χ4n) is 1.82. The lowest BCUT2D eigenvalue weighted by molar-refractivity contribution is 0.584. The van der Waals surface area contributed by atoms with Crippen LogP contribution in [0.2, 0.25) is 0 Å². The van der Waals surface area contributed by atoms with Gasteiger partial charge in [-0.1, -0.05) is 12.1 Å². The quantitative estimate of drug-likeness (QED) is 0.845. The summed E-state index contributed by atoms with van der Waals surface area (Å²) in [5.74, 6) is -1.14. The number of benzene rings is 2. The number of aryl methyl sites for hydroxylation is 1. The largest absolute Gasteiger partial charge is 0.326 e. The minimum atomic E-state index is -0.572. The van der Waals surface area contributed by atoms with Crippen LogP contribution in [0, 0.1) is 18.6 Å². The third-order valence-electron chi connectivity index (χ3n) is 2.71. The Balaban J connectivity index is 2.58. The van der Waals surface area contributed by atoms with Gasteiger partial charge in [-0.2, -0.15) is 0 Å². The Kier molecular flexibility index (Phi) is 3.20. The fourth-order valence-corrected chi connectivity index (χ4v) is 1.82. The summed E-state index contributed by atoms with van der Waals surface area (Å²) in [4.78, 5) is 0. The first-order chi connectivity index (χ1) is 8.10. The van der Waals surface area contributed by atoms with Crippen LogP contribution >= 0.6 is 0 Å². The molecule has 3 heteroatoms. The van der Waals surface area contributed by atoms with Crippen LogP contribution < -0.4 is 5.73 Å². The van der Waals surface area contributed by atoms with Crippen LogP contribution in [0.3, 0.4) is 0 Å². The maximum Gasteiger partial charge on any atom is 0.126 e. The Morgan fingerprint density at radius 3 is 2.24 bits per heavy atom. The van der Waals surface area contributed by atoms with Crippen LogP contribution in [-0.2, 0) is 6.54 Å². The molecule has 0 saturated heterocycles. The van der Waals surface area contributed by atoms with E-state index >= 15 is 0 Å². The van der Waals surface area contributed by atoms with Gasteiger partial charge in [0.1, 0.15) is 11.6 Å². The molecule has 0 radical (unpaired) electrons. The molecule has 17 heavy (non-hydrogen) atoms. The second-order valence-electron chi connectivity index (χ2n) is 4.01. The maximum absolute atomic E-state index is 13.2. The molecule has 0 bridgehead atoms. The topological polar surface area (TPSA) is 26.0 Å². The predicted octanol–water partition coefficient (Wildman–Crippen LogP) is 3.40. The van der Waals surface area contributed by atoms with Crippen molar-refractivity contribution in [1.82, 2.24) is 0 Å². The van der Waals surface area contributed by atoms with E-state index in [2.05, 4.69) is 0 Å². The summed E-state index contributed by atoms with van der Waals surface area (Å²) < 4.78 is 26.3. The molecule has 0 unspecified atom stereocenters. The molecular weight excluding hydrogens is 220 g/mol. The van der Waals surface area contributed by atoms with E-state index in [0.29, 0.717) is 12.1 Å². The van der Waals surface area contributed by atoms with Crippen molar-refractivity contribution in [3.63, 3.8) is 0 Å². The molecule has 0 aromatic heterocycles. The number of rotatable bonds is 2. The van der Waals surface area contributed by atoms with Crippen LogP contribution in [0.1, 0.15) is 11.1 Å². The van der Waals surface area contributed by atoms with Crippen molar-refractivity contribution in [2.45, 2.75) is 13.5 Å². The van der Waals surface area contributed by atoms with E-state index < -0.39 is 11.6 Å². The highest BCUT2D eigenvalue weighted by Gasteiger charge is 2.06. The monoisotopic (exact) mass is 233 g/mol. The van der Waals surface area contributed by atoms with Gasteiger partial charge in [-0.3, -0.25) is 0 Å². The van der Waals surface area contributed by atoms with Gasteiger partial charge in [0.25, 0.3) is 0 Å². The molecule has 2 rings (SSSR count). The Morgan fingerprint density at radius 2 is 1.65 bits per heavy atom. The Morgan fingerprint density at radius 1 is 1.00 bits per heavy atom. The molecule has 2 aromatic carbocycles. The Hall–Kier alpha value is -1.74. The summed E-state index contributed by atoms with van der Waals surface area (Å²) in [6.45, 7) is 2.31. The standard InChI is InChI=1S/C14H13F2N/c1-9-2-3-10(8-17)4-14(9)11-5-12(15)7-13(16)6-11/h2-7H,8,17H2,1H3. The minimum absolute atomic E-state index is 0.408. The summed E-state index contributed by atoms with van der Waals surface area (Å²) in [5, 5.41) is 0. The first-order valence-corrected chi connectivity index (χ1v) is 5.36. The van der Waals surface area contributed by atoms with Gasteiger partial charge in [0, 0.05) is 12.6 Å². The van der Waals surface area contributed by atoms with Gasteiger partial charge in [-0.25, -0.2) is 8.78 Å². The van der Waals surface area contributed by atoms with Gasteiger partial charge >= 0.3 is 0 Å². The van der Waals surface area contributed by atoms with Crippen molar-refractivity contribution >= 4 is 0 Å². The van der Waals surface area contributed by atoms with Crippen LogP contribution in [0.15, 0.2) is 36.4 Å². The molecule has 0 aliphatic rings. The summed E-state index contributed by atoms with van der Waals surface area (Å²) >= 11 is 0. The normalized spacial score (nSPS) is 10.6. The van der Waals surface area contributed by atoms with E-state index in [1.165, 1.54) is 12.1 Å². The van der Waals surface area contributed by atoms with Gasteiger partial charge in [-0.05, 0) is 47.4 Å². The molecule has 88 valence electrons. The second kappa shape index (κ2) is 4.63. The van der Waals surface area contributed by atoms with Gasteiger partial charge < -0.3 is 5.73 Å². The molecule has 2 aromatic rings. The van der Waals surface area contributed by atoms with E-state index in [1.54, 1.807) is 0 Å². The summed E-state index contributed by atoms with van der Waals surface area (Å²) in [6.07, 6.45) is 0. The molecule has 0 heterocycles. The average molecular weight is 233 g/mol. The zero-order chi connectivity index (χ0) is 12.4. The SMILES string of the molecule is Cc1ccc(CN)cc1-c1cc(F)cc(F)c1. The lowest BCUT2D eigenvalue weighted by Gasteiger charge is -2.08. The molecule has 0 amide bonds. The molecule has 0 fully saturated rings. The van der Waals surface area contributed by atoms with E-state index in [-0.39, 0.29) is 0 Å². The number of halogens is 2. The van der Waals surface area contributed by atoms with Crippen molar-refractivity contribution in [3.05, 3.63) is 59.2 Å². The lowest BCUT2D eigenvalue weighted by atomic mass is 9.98. The lowest BCUT2D eigenvalue weighted by Crippen LogP contribution is -1.97. The van der Waals surface area contributed by atoms with E-state index in [1.807, 2.05) is 25.1 Å². The van der Waals surface area contributed by atoms with Crippen LogP contribution in [0.25, 0.3) is 11.1 Å². The minimum Gasteiger partial charge on any atom is -0.326 e. The zero-order valence-electron chi connectivity index (χ0n) is 9.50. The average Bonchev–Trinajstić information content (AvgIpc) is 2.28. The van der Waals surface area contributed by atoms with E-state index in [4.69, 9.17) is 5.73 Å². The van der Waals surface area contributed by atoms with Crippen LogP contribution in [0.4, 0.5) is 8.78 Å². The maximum atomic E-state index is 13.2. The first kappa shape index (κ1) is 11.7. The first-order valence-electron chi connectivity index (χ1n) is 5.36. The molecule has 0 aliphatic carbocycles. The smallest absolute Gasteiger partial charge is 0.126 e. The highest BCUT2D eigenvalue weighted by atomic mass is 19.1. The third kappa shape index (κ3) is 2.50. The highest BCUT2D eigenvalue weighted by molar-refractivity contribution is 5.68. The van der Waals surface area contributed by atoms with Gasteiger partial charge in [0.05, 0.1) is 0 Å². The summed E-state index contributed by atoms with van der Waals surface area (Å²) in [7, 11) is 0. The zero-order valence-corrected chi connectivity index (χ0v) is 9.50. The van der Waals surface area contributed by atoms with Gasteiger partial charge in [-0.15, -0.1) is 0 Å². The molecule has 1 nitrogen and oxygen atoms in total. The number of nitrogens with two attached hydrogens (primary N) is 1. The van der Waals surface area contributed by atoms with Crippen LogP contribution in [0.5, 0.6) is 0 Å². The molecular formula is C14H13F2N. The molecule has 0 aliphatic heterocycles. The van der Waals surface area contributed by atoms with Crippen molar-refractivity contribution < 1.29 is 8.78 Å².